The SMILES string of the molecule is CCCCCCCCCCCCCCCCCCCCCCCCC(=O)OC[C@H](COP(=O)(O)OC[C@@H](O)COP(=O)(O)OC[C@@H](COC(=O)CCCCCCCCCCCCC)OC(=O)CCCCCCCCCCC(C)CC)OC(=O)CCCCCCCCCCCCCCCCCCCCC(C)CC. The van der Waals surface area contributed by atoms with E-state index in [0.29, 0.717) is 25.7 Å². The predicted octanol–water partition coefficient (Wildman–Crippen LogP) is 27.0. The van der Waals surface area contributed by atoms with E-state index < -0.39 is 97.5 Å². The number of aliphatic hydroxyl groups excluding tert-OH is 1. The molecule has 0 aliphatic rings. The molecule has 0 spiro atoms. The summed E-state index contributed by atoms with van der Waals surface area (Å²) in [7, 11) is -9.93. The van der Waals surface area contributed by atoms with Crippen LogP contribution in [0.4, 0.5) is 0 Å². The lowest BCUT2D eigenvalue weighted by atomic mass is 9.99. The smallest absolute Gasteiger partial charge is 0.462 e. The van der Waals surface area contributed by atoms with Gasteiger partial charge in [-0.25, -0.2) is 9.13 Å². The fourth-order valence-electron chi connectivity index (χ4n) is 13.7. The maximum atomic E-state index is 13.2. The van der Waals surface area contributed by atoms with Crippen molar-refractivity contribution in [1.29, 1.82) is 0 Å². The van der Waals surface area contributed by atoms with Gasteiger partial charge in [0.25, 0.3) is 0 Å². The zero-order valence-electron chi connectivity index (χ0n) is 70.5. The van der Waals surface area contributed by atoms with Crippen molar-refractivity contribution in [3.8, 4) is 0 Å². The van der Waals surface area contributed by atoms with Crippen LogP contribution in [0.25, 0.3) is 0 Å². The van der Waals surface area contributed by atoms with Crippen LogP contribution in [0.5, 0.6) is 0 Å². The van der Waals surface area contributed by atoms with E-state index in [1.54, 1.807) is 0 Å². The molecule has 17 nitrogen and oxygen atoms in total. The molecule has 0 saturated heterocycles. The van der Waals surface area contributed by atoms with Crippen LogP contribution < -0.4 is 0 Å². The number of hydrogen-bond donors (Lipinski definition) is 3. The number of carbonyl (C=O) groups is 4. The first-order valence-corrected chi connectivity index (χ1v) is 48.6. The molecule has 0 rings (SSSR count). The van der Waals surface area contributed by atoms with E-state index in [0.717, 1.165) is 102 Å². The van der Waals surface area contributed by atoms with Gasteiger partial charge in [-0.3, -0.25) is 37.3 Å². The lowest BCUT2D eigenvalue weighted by Crippen LogP contribution is -2.30. The minimum Gasteiger partial charge on any atom is -0.462 e. The zero-order chi connectivity index (χ0) is 78.5. The first-order valence-electron chi connectivity index (χ1n) is 45.6. The van der Waals surface area contributed by atoms with Gasteiger partial charge in [0.1, 0.15) is 19.3 Å². The third kappa shape index (κ3) is 79.1. The van der Waals surface area contributed by atoms with Crippen molar-refractivity contribution in [2.45, 2.75) is 490 Å². The van der Waals surface area contributed by atoms with Crippen LogP contribution >= 0.6 is 15.6 Å². The predicted molar refractivity (Wildman–Crippen MR) is 442 cm³/mol. The molecule has 4 unspecified atom stereocenters. The van der Waals surface area contributed by atoms with Gasteiger partial charge in [-0.15, -0.1) is 0 Å². The van der Waals surface area contributed by atoms with Gasteiger partial charge in [0.15, 0.2) is 12.2 Å². The molecule has 0 aliphatic heterocycles. The molecule has 0 amide bonds. The second-order valence-electron chi connectivity index (χ2n) is 32.1. The van der Waals surface area contributed by atoms with Gasteiger partial charge in [0, 0.05) is 25.7 Å². The van der Waals surface area contributed by atoms with E-state index in [2.05, 4.69) is 41.5 Å². The normalized spacial score (nSPS) is 14.3. The van der Waals surface area contributed by atoms with E-state index >= 15 is 0 Å². The largest absolute Gasteiger partial charge is 0.472 e. The molecule has 0 heterocycles. The van der Waals surface area contributed by atoms with Crippen molar-refractivity contribution >= 4 is 39.5 Å². The average Bonchev–Trinajstić information content (AvgIpc) is 0.907. The standard InChI is InChI=1S/C88H172O17P2/c1-7-11-13-15-17-19-21-22-23-24-25-26-27-28-32-35-38-42-46-53-59-65-71-86(91)99-76-83(104-87(92)72-66-60-54-47-43-39-36-33-30-29-31-34-37-41-44-50-56-62-68-80(5)9-3)78-102-106(94,95)100-74-82(89)75-101-107(96,97)103-79-84(77-98-85(90)70-64-58-52-45-40-20-18-16-14-12-8-2)105-88(93)73-67-61-55-49-48-51-57-63-69-81(6)10-4/h80-84,89H,7-79H2,1-6H3,(H,94,95)(H,96,97)/t80?,81?,82-,83-,84-/m1/s1. The van der Waals surface area contributed by atoms with Crippen LogP contribution in [0.1, 0.15) is 472 Å². The molecule has 636 valence electrons. The summed E-state index contributed by atoms with van der Waals surface area (Å²) >= 11 is 0. The van der Waals surface area contributed by atoms with Gasteiger partial charge in [-0.2, -0.15) is 0 Å². The molecule has 107 heavy (non-hydrogen) atoms. The van der Waals surface area contributed by atoms with Crippen molar-refractivity contribution in [1.82, 2.24) is 0 Å². The molecule has 0 aromatic rings. The van der Waals surface area contributed by atoms with Crippen molar-refractivity contribution in [2.24, 2.45) is 11.8 Å². The number of ether oxygens (including phenoxy) is 4. The molecule has 0 fully saturated rings. The molecule has 3 N–H and O–H groups in total. The molecule has 0 aromatic heterocycles. The second-order valence-corrected chi connectivity index (χ2v) is 35.0. The summed E-state index contributed by atoms with van der Waals surface area (Å²) in [5.41, 5.74) is 0. The Morgan fingerprint density at radius 2 is 0.449 bits per heavy atom. The molecular formula is C88H172O17P2. The third-order valence-electron chi connectivity index (χ3n) is 21.4. The summed E-state index contributed by atoms with van der Waals surface area (Å²) in [5.74, 6) is -0.462. The van der Waals surface area contributed by atoms with E-state index in [1.807, 2.05) is 0 Å². The highest BCUT2D eigenvalue weighted by molar-refractivity contribution is 7.47. The Morgan fingerprint density at radius 3 is 0.664 bits per heavy atom. The monoisotopic (exact) mass is 1560 g/mol. The van der Waals surface area contributed by atoms with Crippen molar-refractivity contribution < 1.29 is 80.2 Å². The van der Waals surface area contributed by atoms with Gasteiger partial charge in [0.05, 0.1) is 26.4 Å². The van der Waals surface area contributed by atoms with E-state index in [-0.39, 0.29) is 25.7 Å². The van der Waals surface area contributed by atoms with Crippen molar-refractivity contribution in [3.63, 3.8) is 0 Å². The lowest BCUT2D eigenvalue weighted by Gasteiger charge is -2.21. The Bertz CT molecular complexity index is 2050. The number of unbranched alkanes of at least 4 members (excludes halogenated alkanes) is 55. The Morgan fingerprint density at radius 1 is 0.262 bits per heavy atom. The molecule has 0 aliphatic carbocycles. The Kier molecular flexibility index (Phi) is 77.9. The summed E-state index contributed by atoms with van der Waals surface area (Å²) in [6.45, 7) is 9.73. The summed E-state index contributed by atoms with van der Waals surface area (Å²) in [6.07, 6.45) is 72.3. The van der Waals surface area contributed by atoms with Gasteiger partial charge >= 0.3 is 39.5 Å². The fourth-order valence-corrected chi connectivity index (χ4v) is 15.3. The van der Waals surface area contributed by atoms with Crippen LogP contribution in [-0.2, 0) is 65.4 Å². The quantitative estimate of drug-likeness (QED) is 0.0222. The van der Waals surface area contributed by atoms with Crippen LogP contribution in [0.15, 0.2) is 0 Å². The third-order valence-corrected chi connectivity index (χ3v) is 23.3. The maximum Gasteiger partial charge on any atom is 0.472 e. The first-order chi connectivity index (χ1) is 51.9. The topological polar surface area (TPSA) is 237 Å². The van der Waals surface area contributed by atoms with Gasteiger partial charge in [-0.1, -0.05) is 420 Å². The van der Waals surface area contributed by atoms with E-state index in [1.165, 1.54) is 289 Å². The Balaban J connectivity index is 5.20. The molecule has 7 atom stereocenters. The average molecular weight is 1560 g/mol. The number of esters is 4. The summed E-state index contributed by atoms with van der Waals surface area (Å²) in [5, 5.41) is 10.7. The first kappa shape index (κ1) is 105. The van der Waals surface area contributed by atoms with Crippen molar-refractivity contribution in [2.75, 3.05) is 39.6 Å². The second kappa shape index (κ2) is 79.3. The Labute approximate surface area is 658 Å². The molecule has 0 bridgehead atoms. The number of phosphoric ester groups is 2. The minimum atomic E-state index is -4.97. The highest BCUT2D eigenvalue weighted by atomic mass is 31.2. The van der Waals surface area contributed by atoms with Gasteiger partial charge in [0.2, 0.25) is 0 Å². The number of rotatable bonds is 87. The van der Waals surface area contributed by atoms with Crippen LogP contribution in [0.2, 0.25) is 0 Å². The van der Waals surface area contributed by atoms with Crippen LogP contribution in [-0.4, -0.2) is 96.7 Å². The van der Waals surface area contributed by atoms with Crippen LogP contribution in [0, 0.1) is 11.8 Å². The minimum absolute atomic E-state index is 0.106. The maximum absolute atomic E-state index is 13.2. The van der Waals surface area contributed by atoms with Gasteiger partial charge < -0.3 is 33.8 Å². The molecule has 0 radical (unpaired) electrons. The summed E-state index contributed by atoms with van der Waals surface area (Å²) in [4.78, 5) is 73.2. The number of phosphoric acid groups is 2. The zero-order valence-corrected chi connectivity index (χ0v) is 72.2. The molecular weight excluding hydrogens is 1390 g/mol. The summed E-state index contributed by atoms with van der Waals surface area (Å²) in [6, 6.07) is 0. The molecule has 0 aromatic carbocycles. The molecule has 19 heteroatoms. The Hall–Kier alpha value is -1.94. The fraction of sp³-hybridized carbons (Fsp3) is 0.955. The van der Waals surface area contributed by atoms with Gasteiger partial charge in [-0.05, 0) is 37.5 Å². The highest BCUT2D eigenvalue weighted by Crippen LogP contribution is 2.45. The molecule has 0 saturated carbocycles. The van der Waals surface area contributed by atoms with E-state index in [9.17, 15) is 43.2 Å². The lowest BCUT2D eigenvalue weighted by molar-refractivity contribution is -0.161. The number of hydrogen-bond acceptors (Lipinski definition) is 15. The summed E-state index contributed by atoms with van der Waals surface area (Å²) < 4.78 is 68.9. The highest BCUT2D eigenvalue weighted by Gasteiger charge is 2.31. The number of aliphatic hydroxyl groups is 1. The van der Waals surface area contributed by atoms with Crippen molar-refractivity contribution in [3.05, 3.63) is 0 Å². The van der Waals surface area contributed by atoms with Crippen LogP contribution in [0.3, 0.4) is 0 Å². The number of carbonyl (C=O) groups excluding carboxylic acids is 4. The van der Waals surface area contributed by atoms with E-state index in [4.69, 9.17) is 37.0 Å².